The Hall–Kier alpha value is -1.93. The monoisotopic (exact) mass is 300 g/mol. The average Bonchev–Trinajstić information content (AvgIpc) is 2.37. The van der Waals surface area contributed by atoms with E-state index in [0.29, 0.717) is 4.31 Å². The van der Waals surface area contributed by atoms with Crippen LogP contribution in [0.25, 0.3) is 0 Å². The number of nitrogens with zero attached hydrogens (tertiary/aromatic N) is 1. The van der Waals surface area contributed by atoms with Crippen LogP contribution in [0.5, 0.6) is 0 Å². The Balaban J connectivity index is 3.13. The number of aliphatic carboxylic acids is 1. The first-order valence-electron chi connectivity index (χ1n) is 5.86. The Morgan fingerprint density at radius 3 is 2.15 bits per heavy atom. The topological polar surface area (TPSA) is 118 Å². The Morgan fingerprint density at radius 1 is 1.20 bits per heavy atom. The standard InChI is InChI=1S/C12H16N2O5S/c1-2-9-3-5-10(6-4-9)20(18,19)14(7-11(13)15)8-12(16)17/h3-6H,2,7-8H2,1H3,(H2,13,15)(H,16,17). The van der Waals surface area contributed by atoms with Crippen LogP contribution in [0.2, 0.25) is 0 Å². The number of nitrogens with two attached hydrogens (primary N) is 1. The predicted molar refractivity (Wildman–Crippen MR) is 71.4 cm³/mol. The van der Waals surface area contributed by atoms with Crippen LogP contribution < -0.4 is 5.73 Å². The molecule has 0 bridgehead atoms. The van der Waals surface area contributed by atoms with Gasteiger partial charge in [-0.05, 0) is 24.1 Å². The molecule has 0 atom stereocenters. The molecule has 0 aliphatic carbocycles. The third kappa shape index (κ3) is 4.04. The molecule has 20 heavy (non-hydrogen) atoms. The number of carboxylic acid groups (broad SMARTS) is 1. The van der Waals surface area contributed by atoms with Crippen molar-refractivity contribution in [2.24, 2.45) is 5.73 Å². The van der Waals surface area contributed by atoms with E-state index in [9.17, 15) is 18.0 Å². The molecule has 1 rings (SSSR count). The zero-order chi connectivity index (χ0) is 15.3. The summed E-state index contributed by atoms with van der Waals surface area (Å²) in [4.78, 5) is 21.5. The van der Waals surface area contributed by atoms with Gasteiger partial charge in [-0.15, -0.1) is 0 Å². The third-order valence-corrected chi connectivity index (χ3v) is 4.42. The number of hydrogen-bond acceptors (Lipinski definition) is 4. The van der Waals surface area contributed by atoms with E-state index in [1.165, 1.54) is 12.1 Å². The van der Waals surface area contributed by atoms with Gasteiger partial charge in [0.15, 0.2) is 0 Å². The van der Waals surface area contributed by atoms with E-state index in [-0.39, 0.29) is 4.90 Å². The normalized spacial score (nSPS) is 11.5. The molecule has 0 spiro atoms. The fourth-order valence-corrected chi connectivity index (χ4v) is 2.95. The number of rotatable bonds is 7. The van der Waals surface area contributed by atoms with Gasteiger partial charge < -0.3 is 10.8 Å². The first-order chi connectivity index (χ1) is 9.27. The van der Waals surface area contributed by atoms with Gasteiger partial charge in [0.05, 0.1) is 11.4 Å². The second kappa shape index (κ2) is 6.49. The van der Waals surface area contributed by atoms with Crippen molar-refractivity contribution in [3.63, 3.8) is 0 Å². The number of hydrogen-bond donors (Lipinski definition) is 2. The van der Waals surface area contributed by atoms with Gasteiger partial charge in [0, 0.05) is 0 Å². The first-order valence-corrected chi connectivity index (χ1v) is 7.30. The van der Waals surface area contributed by atoms with Crippen LogP contribution >= 0.6 is 0 Å². The molecule has 1 aromatic carbocycles. The van der Waals surface area contributed by atoms with E-state index in [1.54, 1.807) is 12.1 Å². The van der Waals surface area contributed by atoms with Crippen molar-refractivity contribution in [1.82, 2.24) is 4.31 Å². The van der Waals surface area contributed by atoms with E-state index in [2.05, 4.69) is 0 Å². The van der Waals surface area contributed by atoms with E-state index >= 15 is 0 Å². The molecule has 7 nitrogen and oxygen atoms in total. The molecule has 0 fully saturated rings. The summed E-state index contributed by atoms with van der Waals surface area (Å²) < 4.78 is 25.1. The van der Waals surface area contributed by atoms with Crippen molar-refractivity contribution < 1.29 is 23.1 Å². The lowest BCUT2D eigenvalue weighted by Gasteiger charge is -2.18. The van der Waals surface area contributed by atoms with Crippen LogP contribution in [-0.4, -0.2) is 42.8 Å². The summed E-state index contributed by atoms with van der Waals surface area (Å²) in [6.45, 7) is 0.429. The van der Waals surface area contributed by atoms with Gasteiger partial charge in [0.1, 0.15) is 6.54 Å². The fraction of sp³-hybridized carbons (Fsp3) is 0.333. The third-order valence-electron chi connectivity index (χ3n) is 2.61. The lowest BCUT2D eigenvalue weighted by molar-refractivity contribution is -0.137. The Bertz CT molecular complexity index is 579. The van der Waals surface area contributed by atoms with E-state index in [4.69, 9.17) is 10.8 Å². The second-order valence-electron chi connectivity index (χ2n) is 4.13. The molecule has 0 saturated carbocycles. The van der Waals surface area contributed by atoms with Gasteiger partial charge in [-0.2, -0.15) is 4.31 Å². The minimum Gasteiger partial charge on any atom is -0.480 e. The van der Waals surface area contributed by atoms with Gasteiger partial charge in [-0.25, -0.2) is 8.42 Å². The number of carbonyl (C=O) groups excluding carboxylic acids is 1. The summed E-state index contributed by atoms with van der Waals surface area (Å²) in [5.74, 6) is -2.28. The molecule has 0 saturated heterocycles. The highest BCUT2D eigenvalue weighted by Gasteiger charge is 2.27. The highest BCUT2D eigenvalue weighted by atomic mass is 32.2. The molecule has 0 radical (unpaired) electrons. The van der Waals surface area contributed by atoms with Gasteiger partial charge in [0.25, 0.3) is 0 Å². The molecule has 1 amide bonds. The SMILES string of the molecule is CCc1ccc(S(=O)(=O)N(CC(N)=O)CC(=O)O)cc1. The molecule has 0 aromatic heterocycles. The largest absolute Gasteiger partial charge is 0.480 e. The number of aryl methyl sites for hydroxylation is 1. The van der Waals surface area contributed by atoms with Crippen molar-refractivity contribution in [2.45, 2.75) is 18.2 Å². The predicted octanol–water partition coefficient (Wildman–Crippen LogP) is -0.190. The maximum Gasteiger partial charge on any atom is 0.318 e. The summed E-state index contributed by atoms with van der Waals surface area (Å²) in [6, 6.07) is 6.03. The van der Waals surface area contributed by atoms with Gasteiger partial charge >= 0.3 is 5.97 Å². The number of primary amides is 1. The first kappa shape index (κ1) is 16.1. The van der Waals surface area contributed by atoms with Crippen molar-refractivity contribution >= 4 is 21.9 Å². The second-order valence-corrected chi connectivity index (χ2v) is 6.07. The van der Waals surface area contributed by atoms with Crippen LogP contribution in [0.3, 0.4) is 0 Å². The highest BCUT2D eigenvalue weighted by Crippen LogP contribution is 2.16. The minimum absolute atomic E-state index is 0.0720. The lowest BCUT2D eigenvalue weighted by Crippen LogP contribution is -2.41. The zero-order valence-electron chi connectivity index (χ0n) is 10.9. The summed E-state index contributed by atoms with van der Waals surface area (Å²) in [5, 5.41) is 8.73. The Morgan fingerprint density at radius 2 is 1.75 bits per heavy atom. The zero-order valence-corrected chi connectivity index (χ0v) is 11.8. The minimum atomic E-state index is -4.06. The molecule has 1 aromatic rings. The average molecular weight is 300 g/mol. The van der Waals surface area contributed by atoms with Gasteiger partial charge in [-0.3, -0.25) is 9.59 Å². The number of benzene rings is 1. The van der Waals surface area contributed by atoms with Crippen LogP contribution in [0.15, 0.2) is 29.2 Å². The van der Waals surface area contributed by atoms with E-state index < -0.39 is 35.0 Å². The lowest BCUT2D eigenvalue weighted by atomic mass is 10.2. The van der Waals surface area contributed by atoms with Crippen molar-refractivity contribution in [3.05, 3.63) is 29.8 Å². The quantitative estimate of drug-likeness (QED) is 0.723. The maximum absolute atomic E-state index is 12.3. The summed E-state index contributed by atoms with van der Waals surface area (Å²) in [6.07, 6.45) is 0.750. The summed E-state index contributed by atoms with van der Waals surface area (Å²) in [5.41, 5.74) is 5.90. The molecule has 3 N–H and O–H groups in total. The molecule has 8 heteroatoms. The molecule has 0 unspecified atom stereocenters. The number of amides is 1. The Kier molecular flexibility index (Phi) is 5.23. The van der Waals surface area contributed by atoms with Gasteiger partial charge in [0.2, 0.25) is 15.9 Å². The molecule has 0 aliphatic rings. The molecular weight excluding hydrogens is 284 g/mol. The number of sulfonamides is 1. The van der Waals surface area contributed by atoms with Crippen LogP contribution in [0, 0.1) is 0 Å². The van der Waals surface area contributed by atoms with Crippen LogP contribution in [0.4, 0.5) is 0 Å². The Labute approximate surface area is 117 Å². The summed E-state index contributed by atoms with van der Waals surface area (Å²) >= 11 is 0. The molecular formula is C12H16N2O5S. The fourth-order valence-electron chi connectivity index (χ4n) is 1.60. The van der Waals surface area contributed by atoms with E-state index in [1.807, 2.05) is 6.92 Å². The highest BCUT2D eigenvalue weighted by molar-refractivity contribution is 7.89. The maximum atomic E-state index is 12.3. The van der Waals surface area contributed by atoms with Gasteiger partial charge in [-0.1, -0.05) is 19.1 Å². The van der Waals surface area contributed by atoms with Crippen molar-refractivity contribution in [3.8, 4) is 0 Å². The number of carboxylic acids is 1. The van der Waals surface area contributed by atoms with Crippen LogP contribution in [0.1, 0.15) is 12.5 Å². The van der Waals surface area contributed by atoms with Crippen molar-refractivity contribution in [2.75, 3.05) is 13.1 Å². The summed E-state index contributed by atoms with van der Waals surface area (Å²) in [7, 11) is -4.06. The molecule has 0 aliphatic heterocycles. The molecule has 0 heterocycles. The van der Waals surface area contributed by atoms with E-state index in [0.717, 1.165) is 12.0 Å². The molecule has 110 valence electrons. The van der Waals surface area contributed by atoms with Crippen molar-refractivity contribution in [1.29, 1.82) is 0 Å². The smallest absolute Gasteiger partial charge is 0.318 e. The van der Waals surface area contributed by atoms with Crippen LogP contribution in [-0.2, 0) is 26.0 Å². The number of carbonyl (C=O) groups is 2.